The van der Waals surface area contributed by atoms with E-state index in [9.17, 15) is 15.0 Å². The van der Waals surface area contributed by atoms with Gasteiger partial charge in [-0.3, -0.25) is 9.36 Å². The molecule has 2 aromatic carbocycles. The zero-order chi connectivity index (χ0) is 25.8. The molecule has 2 unspecified atom stereocenters. The molecular formula is C30H38N2O4. The Morgan fingerprint density at radius 2 is 1.69 bits per heavy atom. The summed E-state index contributed by atoms with van der Waals surface area (Å²) in [5.41, 5.74) is 3.87. The monoisotopic (exact) mass is 490 g/mol. The highest BCUT2D eigenvalue weighted by Crippen LogP contribution is 2.29. The number of para-hydroxylation sites is 1. The van der Waals surface area contributed by atoms with Crippen LogP contribution >= 0.6 is 0 Å². The van der Waals surface area contributed by atoms with Crippen molar-refractivity contribution in [2.75, 3.05) is 7.11 Å². The number of esters is 1. The third-order valence-corrected chi connectivity index (χ3v) is 6.26. The second-order valence-corrected chi connectivity index (χ2v) is 9.00. The summed E-state index contributed by atoms with van der Waals surface area (Å²) in [4.78, 5) is 16.4. The molecule has 0 aliphatic carbocycles. The van der Waals surface area contributed by atoms with Gasteiger partial charge < -0.3 is 14.9 Å². The minimum Gasteiger partial charge on any atom is -0.469 e. The number of nitrogens with zero attached hydrogens (tertiary/aromatic N) is 2. The van der Waals surface area contributed by atoms with Gasteiger partial charge in [-0.15, -0.1) is 0 Å². The normalized spacial score (nSPS) is 13.1. The fourth-order valence-corrected chi connectivity index (χ4v) is 4.22. The molecule has 0 aliphatic rings. The van der Waals surface area contributed by atoms with E-state index < -0.39 is 12.2 Å². The van der Waals surface area contributed by atoms with E-state index in [0.29, 0.717) is 12.8 Å². The maximum absolute atomic E-state index is 11.3. The van der Waals surface area contributed by atoms with Crippen molar-refractivity contribution >= 4 is 12.0 Å². The van der Waals surface area contributed by atoms with Crippen molar-refractivity contribution < 1.29 is 19.7 Å². The first-order chi connectivity index (χ1) is 17.5. The van der Waals surface area contributed by atoms with Crippen molar-refractivity contribution in [1.82, 2.24) is 9.55 Å². The molecule has 2 N–H and O–H groups in total. The van der Waals surface area contributed by atoms with Gasteiger partial charge in [-0.25, -0.2) is 4.98 Å². The summed E-state index contributed by atoms with van der Waals surface area (Å²) < 4.78 is 6.77. The van der Waals surface area contributed by atoms with E-state index in [0.717, 1.165) is 47.7 Å². The van der Waals surface area contributed by atoms with E-state index in [1.165, 1.54) is 20.0 Å². The number of aliphatic hydroxyl groups excluding tert-OH is 2. The van der Waals surface area contributed by atoms with Gasteiger partial charge in [0, 0.05) is 17.7 Å². The number of rotatable bonds is 14. The van der Waals surface area contributed by atoms with Crippen LogP contribution in [0.25, 0.3) is 23.2 Å². The number of imidazole rings is 1. The van der Waals surface area contributed by atoms with Crippen LogP contribution in [0.4, 0.5) is 0 Å². The Hall–Kier alpha value is -3.22. The van der Waals surface area contributed by atoms with Gasteiger partial charge in [0.05, 0.1) is 30.7 Å². The van der Waals surface area contributed by atoms with Crippen LogP contribution < -0.4 is 0 Å². The lowest BCUT2D eigenvalue weighted by molar-refractivity contribution is -0.140. The van der Waals surface area contributed by atoms with Crippen molar-refractivity contribution in [3.05, 3.63) is 78.1 Å². The number of aliphatic hydroxyl groups is 2. The molecule has 0 saturated carbocycles. The molecule has 36 heavy (non-hydrogen) atoms. The number of methoxy groups -OCH3 is 1. The van der Waals surface area contributed by atoms with Gasteiger partial charge in [0.2, 0.25) is 0 Å². The lowest BCUT2D eigenvalue weighted by atomic mass is 10.1. The number of carbonyl (C=O) groups excluding carboxylic acids is 1. The van der Waals surface area contributed by atoms with Crippen molar-refractivity contribution in [2.45, 2.75) is 70.5 Å². The summed E-state index contributed by atoms with van der Waals surface area (Å²) in [6.07, 6.45) is 7.79. The van der Waals surface area contributed by atoms with Crippen molar-refractivity contribution in [1.29, 1.82) is 0 Å². The van der Waals surface area contributed by atoms with Crippen LogP contribution in [0.3, 0.4) is 0 Å². The number of carbonyl (C=O) groups is 1. The highest BCUT2D eigenvalue weighted by atomic mass is 16.5. The van der Waals surface area contributed by atoms with Crippen LogP contribution in [0, 0.1) is 0 Å². The topological polar surface area (TPSA) is 84.6 Å². The lowest BCUT2D eigenvalue weighted by Gasteiger charge is -2.15. The Labute approximate surface area is 214 Å². The van der Waals surface area contributed by atoms with Crippen LogP contribution in [0.15, 0.2) is 66.7 Å². The van der Waals surface area contributed by atoms with Crippen LogP contribution in [0.5, 0.6) is 0 Å². The molecule has 0 amide bonds. The minimum absolute atomic E-state index is 0.215. The molecule has 0 spiro atoms. The summed E-state index contributed by atoms with van der Waals surface area (Å²) in [5.74, 6) is 0.528. The maximum atomic E-state index is 11.3. The molecule has 0 bridgehead atoms. The maximum Gasteiger partial charge on any atom is 0.305 e. The molecule has 192 valence electrons. The fourth-order valence-electron chi connectivity index (χ4n) is 4.22. The SMILES string of the molecule is CCCCCCc1nc(-c2ccccc2)n(-c2ccccc2)c1/C=C/C(O)C(O)CCCC(=O)OC. The Bertz CT molecular complexity index is 1090. The molecular weight excluding hydrogens is 452 g/mol. The average molecular weight is 491 g/mol. The van der Waals surface area contributed by atoms with Crippen LogP contribution in [-0.2, 0) is 16.0 Å². The summed E-state index contributed by atoms with van der Waals surface area (Å²) in [5, 5.41) is 21.1. The fraction of sp³-hybridized carbons (Fsp3) is 0.400. The Morgan fingerprint density at radius 3 is 2.36 bits per heavy atom. The molecule has 0 aliphatic heterocycles. The van der Waals surface area contributed by atoms with E-state index in [1.54, 1.807) is 6.08 Å². The van der Waals surface area contributed by atoms with E-state index in [2.05, 4.69) is 28.4 Å². The van der Waals surface area contributed by atoms with Gasteiger partial charge >= 0.3 is 5.97 Å². The largest absolute Gasteiger partial charge is 0.469 e. The third-order valence-electron chi connectivity index (χ3n) is 6.26. The van der Waals surface area contributed by atoms with Crippen molar-refractivity contribution in [2.24, 2.45) is 0 Å². The average Bonchev–Trinajstić information content (AvgIpc) is 3.28. The predicted molar refractivity (Wildman–Crippen MR) is 144 cm³/mol. The first-order valence-electron chi connectivity index (χ1n) is 12.9. The molecule has 0 radical (unpaired) electrons. The predicted octanol–water partition coefficient (Wildman–Crippen LogP) is 5.74. The minimum atomic E-state index is -1.06. The van der Waals surface area contributed by atoms with Crippen LogP contribution in [0.2, 0.25) is 0 Å². The number of hydrogen-bond acceptors (Lipinski definition) is 5. The first-order valence-corrected chi connectivity index (χ1v) is 12.9. The summed E-state index contributed by atoms with van der Waals surface area (Å²) in [6, 6.07) is 20.2. The number of benzene rings is 2. The molecule has 1 aromatic heterocycles. The summed E-state index contributed by atoms with van der Waals surface area (Å²) in [7, 11) is 1.34. The second kappa shape index (κ2) is 14.4. The number of aryl methyl sites for hydroxylation is 1. The van der Waals surface area contributed by atoms with E-state index in [4.69, 9.17) is 4.98 Å². The molecule has 1 heterocycles. The third kappa shape index (κ3) is 7.64. The smallest absolute Gasteiger partial charge is 0.305 e. The Balaban J connectivity index is 1.95. The molecule has 3 aromatic rings. The van der Waals surface area contributed by atoms with E-state index >= 15 is 0 Å². The van der Waals surface area contributed by atoms with Crippen LogP contribution in [-0.4, -0.2) is 45.1 Å². The molecule has 6 nitrogen and oxygen atoms in total. The van der Waals surface area contributed by atoms with Gasteiger partial charge in [-0.1, -0.05) is 80.8 Å². The van der Waals surface area contributed by atoms with Gasteiger partial charge in [0.15, 0.2) is 0 Å². The molecule has 3 rings (SSSR count). The standard InChI is InChI=1S/C30H38N2O4/c1-3-4-5-12-18-25-26(21-22-28(34)27(33)19-13-20-29(35)36-2)32(24-16-10-7-11-17-24)30(31-25)23-14-8-6-9-15-23/h6-11,14-17,21-22,27-28,33-34H,3-5,12-13,18-20H2,1-2H3/b22-21+. The van der Waals surface area contributed by atoms with Gasteiger partial charge in [-0.05, 0) is 43.9 Å². The summed E-state index contributed by atoms with van der Waals surface area (Å²) >= 11 is 0. The Morgan fingerprint density at radius 1 is 1.00 bits per heavy atom. The number of aromatic nitrogens is 2. The lowest BCUT2D eigenvalue weighted by Crippen LogP contribution is -2.23. The van der Waals surface area contributed by atoms with E-state index in [1.807, 2.05) is 54.6 Å². The molecule has 2 atom stereocenters. The zero-order valence-electron chi connectivity index (χ0n) is 21.3. The molecule has 0 fully saturated rings. The molecule has 6 heteroatoms. The zero-order valence-corrected chi connectivity index (χ0v) is 21.3. The Kier molecular flexibility index (Phi) is 10.9. The second-order valence-electron chi connectivity index (χ2n) is 9.00. The van der Waals surface area contributed by atoms with E-state index in [-0.39, 0.29) is 12.4 Å². The first kappa shape index (κ1) is 27.4. The molecule has 0 saturated heterocycles. The van der Waals surface area contributed by atoms with Gasteiger partial charge in [0.25, 0.3) is 0 Å². The van der Waals surface area contributed by atoms with Crippen LogP contribution in [0.1, 0.15) is 63.3 Å². The summed E-state index contributed by atoms with van der Waals surface area (Å²) in [6.45, 7) is 2.20. The quantitative estimate of drug-likeness (QED) is 0.222. The number of hydrogen-bond donors (Lipinski definition) is 2. The number of unbranched alkanes of at least 4 members (excludes halogenated alkanes) is 3. The van der Waals surface area contributed by atoms with Crippen molar-refractivity contribution in [3.8, 4) is 17.1 Å². The number of ether oxygens (including phenoxy) is 1. The van der Waals surface area contributed by atoms with Crippen molar-refractivity contribution in [3.63, 3.8) is 0 Å². The van der Waals surface area contributed by atoms with Gasteiger partial charge in [-0.2, -0.15) is 0 Å². The van der Waals surface area contributed by atoms with Gasteiger partial charge in [0.1, 0.15) is 5.82 Å². The highest BCUT2D eigenvalue weighted by molar-refractivity contribution is 5.69. The highest BCUT2D eigenvalue weighted by Gasteiger charge is 2.19.